The molecular weight excluding hydrogens is 402 g/mol. The molecule has 1 heterocycles. The quantitative estimate of drug-likeness (QED) is 0.540. The zero-order valence-electron chi connectivity index (χ0n) is 18.9. The molecule has 3 aromatic rings. The Morgan fingerprint density at radius 3 is 2.53 bits per heavy atom. The molecule has 0 saturated carbocycles. The van der Waals surface area contributed by atoms with Crippen molar-refractivity contribution in [1.29, 1.82) is 0 Å². The molecule has 0 aliphatic carbocycles. The Morgan fingerprint density at radius 1 is 1.16 bits per heavy atom. The van der Waals surface area contributed by atoms with E-state index in [2.05, 4.69) is 5.32 Å². The number of carbonyl (C=O) groups excluding carboxylic acids is 1. The van der Waals surface area contributed by atoms with Gasteiger partial charge in [0.25, 0.3) is 5.56 Å². The average Bonchev–Trinajstić information content (AvgIpc) is 2.77. The molecule has 0 radical (unpaired) electrons. The Bertz CT molecular complexity index is 1210. The van der Waals surface area contributed by atoms with Crippen LogP contribution in [0.25, 0.3) is 11.1 Å². The summed E-state index contributed by atoms with van der Waals surface area (Å²) in [6.07, 6.45) is 5.40. The fourth-order valence-electron chi connectivity index (χ4n) is 3.53. The second-order valence-electron chi connectivity index (χ2n) is 7.68. The summed E-state index contributed by atoms with van der Waals surface area (Å²) in [6.45, 7) is 6.25. The molecule has 32 heavy (non-hydrogen) atoms. The van der Waals surface area contributed by atoms with E-state index in [1.54, 1.807) is 30.0 Å². The largest absolute Gasteiger partial charge is 0.456 e. The number of ether oxygens (including phenoxy) is 1. The normalized spacial score (nSPS) is 11.0. The Hall–Kier alpha value is -3.64. The van der Waals surface area contributed by atoms with Gasteiger partial charge in [0.05, 0.1) is 0 Å². The maximum Gasteiger partial charge on any atom is 0.253 e. The van der Waals surface area contributed by atoms with E-state index in [0.29, 0.717) is 30.0 Å². The van der Waals surface area contributed by atoms with Crippen molar-refractivity contribution >= 4 is 11.6 Å². The number of hydrogen-bond acceptors (Lipinski definition) is 4. The van der Waals surface area contributed by atoms with Crippen LogP contribution in [0.1, 0.15) is 23.6 Å². The Balaban J connectivity index is 2.13. The number of nitrogens with zero attached hydrogens (tertiary/aromatic N) is 1. The number of nitrogens with two attached hydrogens (primary N) is 1. The third-order valence-electron chi connectivity index (χ3n) is 5.22. The zero-order chi connectivity index (χ0) is 23.3. The van der Waals surface area contributed by atoms with E-state index < -0.39 is 0 Å². The standard InChI is InChI=1S/C26H29N3O3/c1-5-19-14-20(16-29(4)26(19)31)22-15-21(28-24(30)10-7-13-27)11-12-23(22)32-25-17(2)8-6-9-18(25)3/h6-12,14-16H,5,13,27H2,1-4H3,(H,28,30)/b10-7+. The fraction of sp³-hybridized carbons (Fsp3) is 0.231. The number of aromatic nitrogens is 1. The maximum absolute atomic E-state index is 12.4. The van der Waals surface area contributed by atoms with Crippen LogP contribution in [0.4, 0.5) is 5.69 Å². The van der Waals surface area contributed by atoms with Crippen molar-refractivity contribution in [3.05, 3.63) is 87.9 Å². The number of para-hydroxylation sites is 1. The number of rotatable bonds is 7. The number of benzene rings is 2. The third-order valence-corrected chi connectivity index (χ3v) is 5.22. The number of aryl methyl sites for hydroxylation is 4. The molecule has 0 aliphatic heterocycles. The number of anilines is 1. The van der Waals surface area contributed by atoms with E-state index in [9.17, 15) is 9.59 Å². The van der Waals surface area contributed by atoms with E-state index in [4.69, 9.17) is 10.5 Å². The highest BCUT2D eigenvalue weighted by molar-refractivity contribution is 5.99. The van der Waals surface area contributed by atoms with E-state index >= 15 is 0 Å². The van der Waals surface area contributed by atoms with Gasteiger partial charge in [-0.1, -0.05) is 31.2 Å². The molecule has 0 unspecified atom stereocenters. The molecular formula is C26H29N3O3. The van der Waals surface area contributed by atoms with Gasteiger partial charge < -0.3 is 20.4 Å². The third kappa shape index (κ3) is 5.15. The molecule has 0 fully saturated rings. The van der Waals surface area contributed by atoms with Crippen LogP contribution in [0.2, 0.25) is 0 Å². The predicted octanol–water partition coefficient (Wildman–Crippen LogP) is 4.48. The van der Waals surface area contributed by atoms with E-state index in [1.165, 1.54) is 6.08 Å². The summed E-state index contributed by atoms with van der Waals surface area (Å²) in [5, 5.41) is 2.85. The Kier molecular flexibility index (Phi) is 7.28. The van der Waals surface area contributed by atoms with Crippen LogP contribution in [0.3, 0.4) is 0 Å². The lowest BCUT2D eigenvalue weighted by molar-refractivity contribution is -0.111. The topological polar surface area (TPSA) is 86.3 Å². The molecule has 0 saturated heterocycles. The van der Waals surface area contributed by atoms with Crippen molar-refractivity contribution in [1.82, 2.24) is 4.57 Å². The lowest BCUT2D eigenvalue weighted by atomic mass is 10.0. The Labute approximate surface area is 188 Å². The molecule has 0 bridgehead atoms. The highest BCUT2D eigenvalue weighted by atomic mass is 16.5. The van der Waals surface area contributed by atoms with Gasteiger partial charge in [-0.25, -0.2) is 0 Å². The monoisotopic (exact) mass is 431 g/mol. The highest BCUT2D eigenvalue weighted by Gasteiger charge is 2.14. The van der Waals surface area contributed by atoms with E-state index in [-0.39, 0.29) is 11.5 Å². The van der Waals surface area contributed by atoms with Gasteiger partial charge in [0.2, 0.25) is 5.91 Å². The van der Waals surface area contributed by atoms with Gasteiger partial charge in [0, 0.05) is 48.2 Å². The van der Waals surface area contributed by atoms with Crippen LogP contribution in [0, 0.1) is 13.8 Å². The first-order valence-electron chi connectivity index (χ1n) is 10.6. The van der Waals surface area contributed by atoms with Gasteiger partial charge >= 0.3 is 0 Å². The number of pyridine rings is 1. The van der Waals surface area contributed by atoms with Gasteiger partial charge in [0.1, 0.15) is 11.5 Å². The number of hydrogen-bond donors (Lipinski definition) is 2. The molecule has 0 atom stereocenters. The molecule has 1 aromatic heterocycles. The van der Waals surface area contributed by atoms with Crippen LogP contribution >= 0.6 is 0 Å². The molecule has 6 nitrogen and oxygen atoms in total. The second-order valence-corrected chi connectivity index (χ2v) is 7.68. The van der Waals surface area contributed by atoms with Gasteiger partial charge in [-0.2, -0.15) is 0 Å². The Morgan fingerprint density at radius 2 is 1.88 bits per heavy atom. The summed E-state index contributed by atoms with van der Waals surface area (Å²) >= 11 is 0. The lowest BCUT2D eigenvalue weighted by Gasteiger charge is -2.17. The SMILES string of the molecule is CCc1cc(-c2cc(NC(=O)/C=C/CN)ccc2Oc2c(C)cccc2C)cn(C)c1=O. The lowest BCUT2D eigenvalue weighted by Crippen LogP contribution is -2.20. The smallest absolute Gasteiger partial charge is 0.253 e. The molecule has 166 valence electrons. The van der Waals surface area contributed by atoms with Gasteiger partial charge in [-0.3, -0.25) is 9.59 Å². The highest BCUT2D eigenvalue weighted by Crippen LogP contribution is 2.37. The van der Waals surface area contributed by atoms with E-state index in [1.807, 2.05) is 57.2 Å². The van der Waals surface area contributed by atoms with Crippen molar-refractivity contribution in [2.75, 3.05) is 11.9 Å². The molecule has 3 rings (SSSR count). The maximum atomic E-state index is 12.4. The number of carbonyl (C=O) groups is 1. The summed E-state index contributed by atoms with van der Waals surface area (Å²) in [6, 6.07) is 13.4. The summed E-state index contributed by atoms with van der Waals surface area (Å²) in [4.78, 5) is 24.6. The minimum atomic E-state index is -0.264. The first-order valence-corrected chi connectivity index (χ1v) is 10.6. The summed E-state index contributed by atoms with van der Waals surface area (Å²) in [7, 11) is 1.74. The van der Waals surface area contributed by atoms with Crippen molar-refractivity contribution < 1.29 is 9.53 Å². The van der Waals surface area contributed by atoms with Crippen LogP contribution < -0.4 is 21.3 Å². The van der Waals surface area contributed by atoms with Crippen LogP contribution in [-0.2, 0) is 18.3 Å². The molecule has 0 spiro atoms. The summed E-state index contributed by atoms with van der Waals surface area (Å²) in [5.74, 6) is 1.16. The van der Waals surface area contributed by atoms with Gasteiger partial charge in [-0.15, -0.1) is 0 Å². The molecule has 0 aliphatic rings. The molecule has 2 aromatic carbocycles. The first kappa shape index (κ1) is 23.0. The van der Waals surface area contributed by atoms with Crippen LogP contribution in [0.15, 0.2) is 65.6 Å². The van der Waals surface area contributed by atoms with Crippen LogP contribution in [0.5, 0.6) is 11.5 Å². The minimum Gasteiger partial charge on any atom is -0.456 e. The second kappa shape index (κ2) is 10.1. The molecule has 3 N–H and O–H groups in total. The molecule has 6 heteroatoms. The summed E-state index contributed by atoms with van der Waals surface area (Å²) in [5.41, 5.74) is 10.4. The summed E-state index contributed by atoms with van der Waals surface area (Å²) < 4.78 is 7.94. The van der Waals surface area contributed by atoms with Gasteiger partial charge in [0.15, 0.2) is 0 Å². The molecule has 1 amide bonds. The van der Waals surface area contributed by atoms with E-state index in [0.717, 1.165) is 28.0 Å². The van der Waals surface area contributed by atoms with Crippen molar-refractivity contribution in [2.24, 2.45) is 12.8 Å². The van der Waals surface area contributed by atoms with Crippen molar-refractivity contribution in [2.45, 2.75) is 27.2 Å². The van der Waals surface area contributed by atoms with Gasteiger partial charge in [-0.05, 0) is 55.7 Å². The van der Waals surface area contributed by atoms with Crippen LogP contribution in [-0.4, -0.2) is 17.0 Å². The zero-order valence-corrected chi connectivity index (χ0v) is 18.9. The fourth-order valence-corrected chi connectivity index (χ4v) is 3.53. The minimum absolute atomic E-state index is 0.0233. The number of amides is 1. The van der Waals surface area contributed by atoms with Crippen molar-refractivity contribution in [3.8, 4) is 22.6 Å². The average molecular weight is 432 g/mol. The number of nitrogens with one attached hydrogen (secondary N) is 1. The first-order chi connectivity index (χ1) is 15.3. The predicted molar refractivity (Wildman–Crippen MR) is 129 cm³/mol. The van der Waals surface area contributed by atoms with Crippen molar-refractivity contribution in [3.63, 3.8) is 0 Å².